The summed E-state index contributed by atoms with van der Waals surface area (Å²) >= 11 is 9.14. The van der Waals surface area contributed by atoms with E-state index in [-0.39, 0.29) is 16.1 Å². The predicted octanol–water partition coefficient (Wildman–Crippen LogP) is 5.23. The number of ether oxygens (including phenoxy) is 1. The second-order valence-electron chi connectivity index (χ2n) is 4.03. The van der Waals surface area contributed by atoms with Crippen LogP contribution in [0.3, 0.4) is 0 Å². The van der Waals surface area contributed by atoms with Gasteiger partial charge in [-0.3, -0.25) is 4.79 Å². The van der Waals surface area contributed by atoms with Gasteiger partial charge < -0.3 is 4.74 Å². The van der Waals surface area contributed by atoms with Crippen LogP contribution in [-0.4, -0.2) is 12.1 Å². The Balaban J connectivity index is 2.35. The third-order valence-electron chi connectivity index (χ3n) is 2.50. The smallest absolute Gasteiger partial charge is 0.406 e. The highest BCUT2D eigenvalue weighted by Gasteiger charge is 2.31. The summed E-state index contributed by atoms with van der Waals surface area (Å²) in [6, 6.07) is 9.52. The van der Waals surface area contributed by atoms with Gasteiger partial charge in [0.25, 0.3) is 0 Å². The van der Waals surface area contributed by atoms with Crippen molar-refractivity contribution in [2.75, 3.05) is 0 Å². The molecule has 7 heteroatoms. The van der Waals surface area contributed by atoms with E-state index in [0.29, 0.717) is 4.47 Å². The zero-order valence-corrected chi connectivity index (χ0v) is 12.6. The Kier molecular flexibility index (Phi) is 4.58. The molecular formula is C14H7BrClF3O2. The van der Waals surface area contributed by atoms with Gasteiger partial charge in [-0.15, -0.1) is 13.2 Å². The van der Waals surface area contributed by atoms with Crippen molar-refractivity contribution in [3.63, 3.8) is 0 Å². The highest BCUT2D eigenvalue weighted by molar-refractivity contribution is 9.10. The minimum absolute atomic E-state index is 0.0525. The van der Waals surface area contributed by atoms with Gasteiger partial charge in [0.2, 0.25) is 0 Å². The summed E-state index contributed by atoms with van der Waals surface area (Å²) in [4.78, 5) is 12.3. The van der Waals surface area contributed by atoms with E-state index in [4.69, 9.17) is 11.6 Å². The first-order valence-corrected chi connectivity index (χ1v) is 6.79. The van der Waals surface area contributed by atoms with E-state index < -0.39 is 17.9 Å². The lowest BCUT2D eigenvalue weighted by Gasteiger charge is -2.10. The van der Waals surface area contributed by atoms with Crippen LogP contribution in [0.2, 0.25) is 5.02 Å². The number of halogens is 5. The zero-order chi connectivity index (χ0) is 15.6. The summed E-state index contributed by atoms with van der Waals surface area (Å²) in [6.45, 7) is 0. The van der Waals surface area contributed by atoms with Gasteiger partial charge in [-0.1, -0.05) is 39.7 Å². The molecule has 0 unspecified atom stereocenters. The fourth-order valence-corrected chi connectivity index (χ4v) is 2.23. The van der Waals surface area contributed by atoms with Gasteiger partial charge in [-0.25, -0.2) is 0 Å². The normalized spacial score (nSPS) is 11.3. The third-order valence-corrected chi connectivity index (χ3v) is 3.33. The van der Waals surface area contributed by atoms with Crippen molar-refractivity contribution < 1.29 is 22.7 Å². The van der Waals surface area contributed by atoms with E-state index in [9.17, 15) is 18.0 Å². The maximum Gasteiger partial charge on any atom is 0.573 e. The van der Waals surface area contributed by atoms with E-state index >= 15 is 0 Å². The fraction of sp³-hybridized carbons (Fsp3) is 0.0714. The summed E-state index contributed by atoms with van der Waals surface area (Å²) in [7, 11) is 0. The summed E-state index contributed by atoms with van der Waals surface area (Å²) in [5.41, 5.74) is 0.243. The molecule has 0 aliphatic heterocycles. The number of benzene rings is 2. The van der Waals surface area contributed by atoms with Crippen molar-refractivity contribution in [2.24, 2.45) is 0 Å². The number of carbonyl (C=O) groups is 1. The summed E-state index contributed by atoms with van der Waals surface area (Å²) < 4.78 is 41.0. The Morgan fingerprint density at radius 2 is 1.86 bits per heavy atom. The van der Waals surface area contributed by atoms with Crippen LogP contribution in [0.1, 0.15) is 15.9 Å². The standard InChI is InChI=1S/C14H7BrClF3O2/c15-9-4-5-12(16)11(7-9)13(20)8-2-1-3-10(6-8)21-14(17,18)19/h1-7H. The van der Waals surface area contributed by atoms with Gasteiger partial charge in [0.1, 0.15) is 5.75 Å². The van der Waals surface area contributed by atoms with Crippen LogP contribution in [0, 0.1) is 0 Å². The highest BCUT2D eigenvalue weighted by Crippen LogP contribution is 2.27. The van der Waals surface area contributed by atoms with Crippen LogP contribution in [0.15, 0.2) is 46.9 Å². The first-order chi connectivity index (χ1) is 9.76. The van der Waals surface area contributed by atoms with Crippen LogP contribution in [0.4, 0.5) is 13.2 Å². The maximum absolute atomic E-state index is 12.3. The Hall–Kier alpha value is -1.53. The van der Waals surface area contributed by atoms with E-state index in [1.807, 2.05) is 0 Å². The molecule has 0 aromatic heterocycles. The van der Waals surface area contributed by atoms with Gasteiger partial charge in [0, 0.05) is 15.6 Å². The molecule has 21 heavy (non-hydrogen) atoms. The minimum atomic E-state index is -4.81. The third kappa shape index (κ3) is 4.22. The lowest BCUT2D eigenvalue weighted by Crippen LogP contribution is -2.17. The topological polar surface area (TPSA) is 26.3 Å². The van der Waals surface area contributed by atoms with Crippen LogP contribution in [0.5, 0.6) is 5.75 Å². The molecule has 0 radical (unpaired) electrons. The molecule has 0 saturated carbocycles. The molecule has 0 N–H and O–H groups in total. The van der Waals surface area contributed by atoms with E-state index in [2.05, 4.69) is 20.7 Å². The molecule has 0 fully saturated rings. The van der Waals surface area contributed by atoms with Crippen molar-refractivity contribution in [3.8, 4) is 5.75 Å². The maximum atomic E-state index is 12.3. The molecule has 2 aromatic rings. The van der Waals surface area contributed by atoms with Crippen molar-refractivity contribution in [3.05, 3.63) is 63.1 Å². The predicted molar refractivity (Wildman–Crippen MR) is 75.7 cm³/mol. The van der Waals surface area contributed by atoms with Gasteiger partial charge in [0.05, 0.1) is 5.02 Å². The van der Waals surface area contributed by atoms with E-state index in [1.165, 1.54) is 24.3 Å². The van der Waals surface area contributed by atoms with Gasteiger partial charge in [0.15, 0.2) is 5.78 Å². The molecule has 0 atom stereocenters. The Labute approximate surface area is 131 Å². The Bertz CT molecular complexity index is 686. The number of hydrogen-bond acceptors (Lipinski definition) is 2. The quantitative estimate of drug-likeness (QED) is 0.683. The second-order valence-corrected chi connectivity index (χ2v) is 5.35. The zero-order valence-electron chi connectivity index (χ0n) is 10.2. The number of ketones is 1. The summed E-state index contributed by atoms with van der Waals surface area (Å²) in [5, 5.41) is 0.213. The number of alkyl halides is 3. The van der Waals surface area contributed by atoms with Crippen LogP contribution >= 0.6 is 27.5 Å². The van der Waals surface area contributed by atoms with Crippen molar-refractivity contribution in [1.29, 1.82) is 0 Å². The van der Waals surface area contributed by atoms with Crippen molar-refractivity contribution in [2.45, 2.75) is 6.36 Å². The number of rotatable bonds is 3. The molecule has 110 valence electrons. The second kappa shape index (κ2) is 6.07. The molecule has 0 spiro atoms. The molecule has 0 heterocycles. The molecule has 0 amide bonds. The first-order valence-electron chi connectivity index (χ1n) is 5.62. The number of carbonyl (C=O) groups excluding carboxylic acids is 1. The monoisotopic (exact) mass is 378 g/mol. The molecule has 0 saturated heterocycles. The average Bonchev–Trinajstić information content (AvgIpc) is 2.39. The average molecular weight is 380 g/mol. The largest absolute Gasteiger partial charge is 0.573 e. The molecule has 2 aromatic carbocycles. The molecule has 0 aliphatic rings. The first kappa shape index (κ1) is 15.9. The molecule has 0 aliphatic carbocycles. The van der Waals surface area contributed by atoms with Crippen molar-refractivity contribution >= 4 is 33.3 Å². The van der Waals surface area contributed by atoms with Crippen molar-refractivity contribution in [1.82, 2.24) is 0 Å². The van der Waals surface area contributed by atoms with Crippen LogP contribution in [-0.2, 0) is 0 Å². The minimum Gasteiger partial charge on any atom is -0.406 e. The van der Waals surface area contributed by atoms with Crippen LogP contribution in [0.25, 0.3) is 0 Å². The SMILES string of the molecule is O=C(c1cccc(OC(F)(F)F)c1)c1cc(Br)ccc1Cl. The lowest BCUT2D eigenvalue weighted by molar-refractivity contribution is -0.274. The molecule has 2 rings (SSSR count). The molecule has 2 nitrogen and oxygen atoms in total. The van der Waals surface area contributed by atoms with Gasteiger partial charge in [-0.2, -0.15) is 0 Å². The molecule has 0 bridgehead atoms. The Morgan fingerprint density at radius 1 is 1.14 bits per heavy atom. The highest BCUT2D eigenvalue weighted by atomic mass is 79.9. The fourth-order valence-electron chi connectivity index (χ4n) is 1.66. The van der Waals surface area contributed by atoms with E-state index in [1.54, 1.807) is 6.07 Å². The van der Waals surface area contributed by atoms with Crippen LogP contribution < -0.4 is 4.74 Å². The Morgan fingerprint density at radius 3 is 2.52 bits per heavy atom. The lowest BCUT2D eigenvalue weighted by atomic mass is 10.0. The van der Waals surface area contributed by atoms with Gasteiger partial charge >= 0.3 is 6.36 Å². The summed E-state index contributed by atoms with van der Waals surface area (Å²) in [5.74, 6) is -0.951. The van der Waals surface area contributed by atoms with E-state index in [0.717, 1.165) is 12.1 Å². The summed E-state index contributed by atoms with van der Waals surface area (Å²) in [6.07, 6.45) is -4.81. The number of hydrogen-bond donors (Lipinski definition) is 0. The molecular weight excluding hydrogens is 373 g/mol. The van der Waals surface area contributed by atoms with Gasteiger partial charge in [-0.05, 0) is 30.3 Å².